The Balaban J connectivity index is 1.99. The Bertz CT molecular complexity index is 916. The number of nitrogens with zero attached hydrogens (tertiary/aromatic N) is 1. The highest BCUT2D eigenvalue weighted by Gasteiger charge is 2.19. The third-order valence-corrected chi connectivity index (χ3v) is 3.71. The number of esters is 1. The van der Waals surface area contributed by atoms with Crippen molar-refractivity contribution in [2.45, 2.75) is 13.0 Å². The van der Waals surface area contributed by atoms with Crippen molar-refractivity contribution >= 4 is 40.9 Å². The molecule has 0 radical (unpaired) electrons. The van der Waals surface area contributed by atoms with Crippen molar-refractivity contribution in [3.8, 4) is 0 Å². The number of carbonyl (C=O) groups is 2. The minimum atomic E-state index is -1.21. The van der Waals surface area contributed by atoms with Crippen molar-refractivity contribution < 1.29 is 23.6 Å². The number of benzene rings is 2. The van der Waals surface area contributed by atoms with E-state index in [2.05, 4.69) is 5.32 Å². The zero-order valence-electron chi connectivity index (χ0n) is 14.0. The summed E-state index contributed by atoms with van der Waals surface area (Å²) in [5, 5.41) is 13.2. The van der Waals surface area contributed by atoms with Crippen LogP contribution in [0, 0.1) is 15.9 Å². The monoisotopic (exact) mass is 392 g/mol. The van der Waals surface area contributed by atoms with E-state index in [1.807, 2.05) is 0 Å². The predicted octanol–water partition coefficient (Wildman–Crippen LogP) is 3.97. The van der Waals surface area contributed by atoms with Crippen molar-refractivity contribution in [1.29, 1.82) is 0 Å². The molecule has 0 aromatic heterocycles. The summed E-state index contributed by atoms with van der Waals surface area (Å²) in [5.41, 5.74) is -0.0530. The minimum Gasteiger partial charge on any atom is -0.449 e. The Labute approximate surface area is 158 Å². The molecule has 140 valence electrons. The van der Waals surface area contributed by atoms with Crippen molar-refractivity contribution in [2.75, 3.05) is 5.32 Å². The molecule has 0 saturated heterocycles. The maximum Gasteiger partial charge on any atom is 0.331 e. The third kappa shape index (κ3) is 5.61. The van der Waals surface area contributed by atoms with Gasteiger partial charge in [0.2, 0.25) is 0 Å². The summed E-state index contributed by atoms with van der Waals surface area (Å²) in [7, 11) is 0. The molecule has 27 heavy (non-hydrogen) atoms. The van der Waals surface area contributed by atoms with Crippen molar-refractivity contribution in [2.24, 2.45) is 0 Å². The van der Waals surface area contributed by atoms with Gasteiger partial charge in [-0.2, -0.15) is 0 Å². The van der Waals surface area contributed by atoms with Crippen LogP contribution in [-0.2, 0) is 14.3 Å². The van der Waals surface area contributed by atoms with E-state index in [-0.39, 0.29) is 22.0 Å². The number of nitro groups is 1. The molecule has 1 N–H and O–H groups in total. The van der Waals surface area contributed by atoms with Crippen molar-refractivity contribution in [3.05, 3.63) is 75.1 Å². The highest BCUT2D eigenvalue weighted by atomic mass is 35.5. The fourth-order valence-electron chi connectivity index (χ4n) is 1.99. The lowest BCUT2D eigenvalue weighted by Crippen LogP contribution is -2.29. The number of hydrogen-bond donors (Lipinski definition) is 1. The van der Waals surface area contributed by atoms with Crippen LogP contribution in [0.25, 0.3) is 6.08 Å². The average Bonchev–Trinajstić information content (AvgIpc) is 2.62. The number of anilines is 1. The van der Waals surface area contributed by atoms with Crippen LogP contribution >= 0.6 is 11.6 Å². The Kier molecular flexibility index (Phi) is 6.62. The number of halogens is 2. The van der Waals surface area contributed by atoms with E-state index in [0.29, 0.717) is 0 Å². The molecule has 0 fully saturated rings. The van der Waals surface area contributed by atoms with Gasteiger partial charge < -0.3 is 10.1 Å². The number of nitrogens with one attached hydrogen (secondary N) is 1. The maximum absolute atomic E-state index is 13.5. The largest absolute Gasteiger partial charge is 0.449 e. The Hall–Kier alpha value is -3.26. The molecule has 2 aromatic carbocycles. The Morgan fingerprint density at radius 1 is 1.30 bits per heavy atom. The molecule has 0 spiro atoms. The minimum absolute atomic E-state index is 0.0145. The van der Waals surface area contributed by atoms with E-state index in [1.54, 1.807) is 6.07 Å². The highest BCUT2D eigenvalue weighted by Crippen LogP contribution is 2.26. The van der Waals surface area contributed by atoms with Crippen LogP contribution in [0.5, 0.6) is 0 Å². The number of carbonyl (C=O) groups excluding carboxylic acids is 2. The molecule has 9 heteroatoms. The standard InChI is InChI=1S/C18H14ClFN2O5/c1-11(27-17(23)9-6-12-4-2-3-5-15(12)20)18(24)21-16-10-13(22(25)26)7-8-14(16)19/h2-11H,1H3,(H,21,24)/b9-6+. The van der Waals surface area contributed by atoms with Gasteiger partial charge in [0.1, 0.15) is 5.82 Å². The molecule has 1 atom stereocenters. The zero-order valence-corrected chi connectivity index (χ0v) is 14.8. The number of nitro benzene ring substituents is 1. The van der Waals surface area contributed by atoms with Gasteiger partial charge >= 0.3 is 5.97 Å². The summed E-state index contributed by atoms with van der Waals surface area (Å²) in [4.78, 5) is 34.0. The second-order valence-electron chi connectivity index (χ2n) is 5.34. The lowest BCUT2D eigenvalue weighted by molar-refractivity contribution is -0.384. The smallest absolute Gasteiger partial charge is 0.331 e. The normalized spacial score (nSPS) is 11.8. The first kappa shape index (κ1) is 20.1. The van der Waals surface area contributed by atoms with Gasteiger partial charge in [-0.3, -0.25) is 14.9 Å². The van der Waals surface area contributed by atoms with E-state index in [9.17, 15) is 24.1 Å². The molecule has 0 saturated carbocycles. The molecule has 0 heterocycles. The first-order chi connectivity index (χ1) is 12.8. The molecule has 1 unspecified atom stereocenters. The van der Waals surface area contributed by atoms with Gasteiger partial charge in [-0.05, 0) is 25.1 Å². The van der Waals surface area contributed by atoms with E-state index < -0.39 is 28.7 Å². The van der Waals surface area contributed by atoms with Crippen LogP contribution in [0.1, 0.15) is 12.5 Å². The number of ether oxygens (including phenoxy) is 1. The van der Waals surface area contributed by atoms with Crippen molar-refractivity contribution in [1.82, 2.24) is 0 Å². The summed E-state index contributed by atoms with van der Waals surface area (Å²) in [6, 6.07) is 9.37. The van der Waals surface area contributed by atoms with E-state index in [1.165, 1.54) is 43.3 Å². The van der Waals surface area contributed by atoms with E-state index in [4.69, 9.17) is 16.3 Å². The van der Waals surface area contributed by atoms with Gasteiger partial charge in [-0.1, -0.05) is 29.8 Å². The zero-order chi connectivity index (χ0) is 20.0. The quantitative estimate of drug-likeness (QED) is 0.347. The van der Waals surface area contributed by atoms with Crippen LogP contribution in [0.3, 0.4) is 0 Å². The lowest BCUT2D eigenvalue weighted by atomic mass is 10.2. The molecular weight excluding hydrogens is 379 g/mol. The third-order valence-electron chi connectivity index (χ3n) is 3.38. The summed E-state index contributed by atoms with van der Waals surface area (Å²) >= 11 is 5.90. The van der Waals surface area contributed by atoms with Gasteiger partial charge in [0, 0.05) is 23.8 Å². The number of rotatable bonds is 6. The fraction of sp³-hybridized carbons (Fsp3) is 0.111. The maximum atomic E-state index is 13.5. The molecular formula is C18H14ClFN2O5. The van der Waals surface area contributed by atoms with E-state index >= 15 is 0 Å². The molecule has 0 aliphatic heterocycles. The van der Waals surface area contributed by atoms with E-state index in [0.717, 1.165) is 12.1 Å². The van der Waals surface area contributed by atoms with Crippen LogP contribution in [-0.4, -0.2) is 22.9 Å². The summed E-state index contributed by atoms with van der Waals surface area (Å²) in [6.07, 6.45) is 1.00. The summed E-state index contributed by atoms with van der Waals surface area (Å²) in [6.45, 7) is 1.31. The van der Waals surface area contributed by atoms with Crippen LogP contribution in [0.2, 0.25) is 5.02 Å². The molecule has 7 nitrogen and oxygen atoms in total. The number of non-ortho nitro benzene ring substituents is 1. The second-order valence-corrected chi connectivity index (χ2v) is 5.75. The summed E-state index contributed by atoms with van der Waals surface area (Å²) in [5.74, 6) is -2.09. The summed E-state index contributed by atoms with van der Waals surface area (Å²) < 4.78 is 18.4. The first-order valence-electron chi connectivity index (χ1n) is 7.66. The molecule has 0 aliphatic rings. The highest BCUT2D eigenvalue weighted by molar-refractivity contribution is 6.33. The second kappa shape index (κ2) is 8.91. The topological polar surface area (TPSA) is 98.5 Å². The van der Waals surface area contributed by atoms with Gasteiger partial charge in [-0.15, -0.1) is 0 Å². The molecule has 0 aliphatic carbocycles. The lowest BCUT2D eigenvalue weighted by Gasteiger charge is -2.13. The van der Waals surface area contributed by atoms with Gasteiger partial charge in [0.15, 0.2) is 6.10 Å². The first-order valence-corrected chi connectivity index (χ1v) is 8.03. The van der Waals surface area contributed by atoms with Crippen molar-refractivity contribution in [3.63, 3.8) is 0 Å². The molecule has 2 rings (SSSR count). The predicted molar refractivity (Wildman–Crippen MR) is 97.7 cm³/mol. The van der Waals surface area contributed by atoms with Gasteiger partial charge in [-0.25, -0.2) is 9.18 Å². The Morgan fingerprint density at radius 3 is 2.67 bits per heavy atom. The van der Waals surface area contributed by atoms with Crippen LogP contribution < -0.4 is 5.32 Å². The molecule has 1 amide bonds. The van der Waals surface area contributed by atoms with Gasteiger partial charge in [0.25, 0.3) is 11.6 Å². The van der Waals surface area contributed by atoms with Gasteiger partial charge in [0.05, 0.1) is 15.6 Å². The SMILES string of the molecule is CC(OC(=O)/C=C/c1ccccc1F)C(=O)Nc1cc([N+](=O)[O-])ccc1Cl. The number of hydrogen-bond acceptors (Lipinski definition) is 5. The fourth-order valence-corrected chi connectivity index (χ4v) is 2.16. The average molecular weight is 393 g/mol. The molecule has 0 bridgehead atoms. The Morgan fingerprint density at radius 2 is 2.00 bits per heavy atom. The molecule has 2 aromatic rings. The number of amides is 1. The van der Waals surface area contributed by atoms with Crippen LogP contribution in [0.4, 0.5) is 15.8 Å². The van der Waals surface area contributed by atoms with Crippen LogP contribution in [0.15, 0.2) is 48.5 Å².